The standard InChI is InChI=1S/C26H32N2O4S2/c1-7-18-10-13-21(16-22(18)25(29)32-6)34(30,31)27-15-14-23-17(2)33-24(28-23)19-8-11-20(12-9-19)26(3,4)5/h8-13,16,27H,7,14-15H2,1-6H3. The van der Waals surface area contributed by atoms with E-state index in [4.69, 9.17) is 9.72 Å². The average Bonchev–Trinajstić information content (AvgIpc) is 3.17. The quantitative estimate of drug-likeness (QED) is 0.425. The third-order valence-electron chi connectivity index (χ3n) is 5.72. The van der Waals surface area contributed by atoms with Crippen LogP contribution in [-0.4, -0.2) is 33.0 Å². The first kappa shape index (κ1) is 26.1. The largest absolute Gasteiger partial charge is 0.465 e. The predicted octanol–water partition coefficient (Wildman–Crippen LogP) is 5.29. The summed E-state index contributed by atoms with van der Waals surface area (Å²) >= 11 is 1.61. The Hall–Kier alpha value is -2.55. The third kappa shape index (κ3) is 5.92. The molecule has 0 saturated heterocycles. The van der Waals surface area contributed by atoms with Crippen LogP contribution in [0.1, 0.15) is 59.8 Å². The van der Waals surface area contributed by atoms with Crippen molar-refractivity contribution in [2.75, 3.05) is 13.7 Å². The van der Waals surface area contributed by atoms with Crippen molar-refractivity contribution in [2.45, 2.75) is 57.8 Å². The monoisotopic (exact) mass is 500 g/mol. The highest BCUT2D eigenvalue weighted by Crippen LogP contribution is 2.30. The minimum Gasteiger partial charge on any atom is -0.465 e. The zero-order valence-corrected chi connectivity index (χ0v) is 22.2. The van der Waals surface area contributed by atoms with Crippen LogP contribution in [0, 0.1) is 6.92 Å². The van der Waals surface area contributed by atoms with Gasteiger partial charge in [-0.3, -0.25) is 0 Å². The predicted molar refractivity (Wildman–Crippen MR) is 137 cm³/mol. The number of hydrogen-bond donors (Lipinski definition) is 1. The van der Waals surface area contributed by atoms with E-state index in [1.807, 2.05) is 13.8 Å². The van der Waals surface area contributed by atoms with Gasteiger partial charge in [0.25, 0.3) is 0 Å². The van der Waals surface area contributed by atoms with Crippen molar-refractivity contribution in [3.8, 4) is 10.6 Å². The van der Waals surface area contributed by atoms with Crippen molar-refractivity contribution in [2.24, 2.45) is 0 Å². The van der Waals surface area contributed by atoms with Gasteiger partial charge in [-0.15, -0.1) is 11.3 Å². The number of aromatic nitrogens is 1. The van der Waals surface area contributed by atoms with Gasteiger partial charge < -0.3 is 4.74 Å². The van der Waals surface area contributed by atoms with E-state index in [0.29, 0.717) is 12.8 Å². The molecule has 0 aliphatic carbocycles. The lowest BCUT2D eigenvalue weighted by atomic mass is 9.87. The van der Waals surface area contributed by atoms with Gasteiger partial charge in [-0.1, -0.05) is 58.0 Å². The van der Waals surface area contributed by atoms with E-state index in [2.05, 4.69) is 49.8 Å². The number of esters is 1. The number of sulfonamides is 1. The first-order chi connectivity index (χ1) is 16.0. The second-order valence-corrected chi connectivity index (χ2v) is 12.1. The molecule has 0 bridgehead atoms. The van der Waals surface area contributed by atoms with Crippen molar-refractivity contribution in [3.63, 3.8) is 0 Å². The first-order valence-corrected chi connectivity index (χ1v) is 13.5. The molecular formula is C26H32N2O4S2. The van der Waals surface area contributed by atoms with Crippen LogP contribution in [0.2, 0.25) is 0 Å². The summed E-state index contributed by atoms with van der Waals surface area (Å²) in [7, 11) is -2.50. The number of benzene rings is 2. The smallest absolute Gasteiger partial charge is 0.338 e. The molecule has 0 fully saturated rings. The number of ether oxygens (including phenoxy) is 1. The molecule has 3 aromatic rings. The molecule has 2 aromatic carbocycles. The minimum atomic E-state index is -3.78. The second-order valence-electron chi connectivity index (χ2n) is 9.16. The van der Waals surface area contributed by atoms with Crippen LogP contribution in [-0.2, 0) is 33.0 Å². The van der Waals surface area contributed by atoms with Gasteiger partial charge in [0.2, 0.25) is 10.0 Å². The minimum absolute atomic E-state index is 0.0414. The number of hydrogen-bond acceptors (Lipinski definition) is 6. The maximum atomic E-state index is 12.8. The molecule has 0 saturated carbocycles. The summed E-state index contributed by atoms with van der Waals surface area (Å²) in [5, 5.41) is 0.925. The van der Waals surface area contributed by atoms with Crippen LogP contribution in [0.3, 0.4) is 0 Å². The lowest BCUT2D eigenvalue weighted by Gasteiger charge is -2.18. The van der Waals surface area contributed by atoms with Crippen molar-refractivity contribution in [1.29, 1.82) is 0 Å². The number of carbonyl (C=O) groups excluding carboxylic acids is 1. The zero-order chi connectivity index (χ0) is 25.1. The molecule has 3 rings (SSSR count). The summed E-state index contributed by atoms with van der Waals surface area (Å²) in [6, 6.07) is 13.0. The molecule has 34 heavy (non-hydrogen) atoms. The highest BCUT2D eigenvalue weighted by molar-refractivity contribution is 7.89. The fourth-order valence-corrected chi connectivity index (χ4v) is 5.64. The topological polar surface area (TPSA) is 85.4 Å². The molecule has 182 valence electrons. The summed E-state index contributed by atoms with van der Waals surface area (Å²) in [5.74, 6) is -0.546. The summed E-state index contributed by atoms with van der Waals surface area (Å²) in [6.07, 6.45) is 1.07. The maximum Gasteiger partial charge on any atom is 0.338 e. The van der Waals surface area contributed by atoms with Gasteiger partial charge in [-0.2, -0.15) is 0 Å². The SMILES string of the molecule is CCc1ccc(S(=O)(=O)NCCc2nc(-c3ccc(C(C)(C)C)cc3)sc2C)cc1C(=O)OC. The third-order valence-corrected chi connectivity index (χ3v) is 8.24. The molecule has 0 unspecified atom stereocenters. The van der Waals surface area contributed by atoms with Crippen LogP contribution >= 0.6 is 11.3 Å². The van der Waals surface area contributed by atoms with E-state index in [-0.39, 0.29) is 22.4 Å². The Labute approximate surface area is 206 Å². The van der Waals surface area contributed by atoms with Gasteiger partial charge in [0.1, 0.15) is 5.01 Å². The van der Waals surface area contributed by atoms with Crippen molar-refractivity contribution in [3.05, 3.63) is 69.7 Å². The molecule has 1 aromatic heterocycles. The van der Waals surface area contributed by atoms with E-state index in [9.17, 15) is 13.2 Å². The molecule has 8 heteroatoms. The number of nitrogens with one attached hydrogen (secondary N) is 1. The van der Waals surface area contributed by atoms with Crippen LogP contribution < -0.4 is 4.72 Å². The highest BCUT2D eigenvalue weighted by Gasteiger charge is 2.20. The molecule has 1 heterocycles. The number of thiazole rings is 1. The average molecular weight is 501 g/mol. The van der Waals surface area contributed by atoms with Crippen LogP contribution in [0.25, 0.3) is 10.6 Å². The van der Waals surface area contributed by atoms with E-state index in [0.717, 1.165) is 26.7 Å². The molecule has 0 amide bonds. The van der Waals surface area contributed by atoms with E-state index in [1.54, 1.807) is 17.4 Å². The summed E-state index contributed by atoms with van der Waals surface area (Å²) in [6.45, 7) is 10.7. The van der Waals surface area contributed by atoms with Gasteiger partial charge in [0.15, 0.2) is 0 Å². The zero-order valence-electron chi connectivity index (χ0n) is 20.6. The summed E-state index contributed by atoms with van der Waals surface area (Å²) in [5.41, 5.74) is 4.30. The second kappa shape index (κ2) is 10.4. The van der Waals surface area contributed by atoms with Gasteiger partial charge in [0, 0.05) is 23.4 Å². The lowest BCUT2D eigenvalue weighted by molar-refractivity contribution is 0.0599. The van der Waals surface area contributed by atoms with E-state index < -0.39 is 16.0 Å². The molecular weight excluding hydrogens is 468 g/mol. The Morgan fingerprint density at radius 2 is 1.79 bits per heavy atom. The van der Waals surface area contributed by atoms with Crippen molar-refractivity contribution >= 4 is 27.3 Å². The maximum absolute atomic E-state index is 12.8. The summed E-state index contributed by atoms with van der Waals surface area (Å²) < 4.78 is 33.1. The molecule has 0 atom stereocenters. The molecule has 6 nitrogen and oxygen atoms in total. The van der Waals surface area contributed by atoms with Gasteiger partial charge in [-0.25, -0.2) is 22.9 Å². The number of methoxy groups -OCH3 is 1. The van der Waals surface area contributed by atoms with Gasteiger partial charge in [0.05, 0.1) is 23.3 Å². The molecule has 0 spiro atoms. The Balaban J connectivity index is 1.71. The van der Waals surface area contributed by atoms with Gasteiger partial charge in [-0.05, 0) is 42.0 Å². The first-order valence-electron chi connectivity index (χ1n) is 11.2. The molecule has 0 aliphatic heterocycles. The Kier molecular flexibility index (Phi) is 7.95. The van der Waals surface area contributed by atoms with Crippen LogP contribution in [0.15, 0.2) is 47.4 Å². The molecule has 0 aliphatic rings. The van der Waals surface area contributed by atoms with Crippen LogP contribution in [0.5, 0.6) is 0 Å². The highest BCUT2D eigenvalue weighted by atomic mass is 32.2. The fourth-order valence-electron chi connectivity index (χ4n) is 3.61. The Morgan fingerprint density at radius 3 is 2.38 bits per heavy atom. The van der Waals surface area contributed by atoms with Crippen molar-refractivity contribution < 1.29 is 17.9 Å². The van der Waals surface area contributed by atoms with E-state index >= 15 is 0 Å². The molecule has 1 N–H and O–H groups in total. The fraction of sp³-hybridized carbons (Fsp3) is 0.385. The Morgan fingerprint density at radius 1 is 1.12 bits per heavy atom. The Bertz CT molecular complexity index is 1270. The number of carbonyl (C=O) groups is 1. The molecule has 0 radical (unpaired) electrons. The number of rotatable bonds is 8. The lowest BCUT2D eigenvalue weighted by Crippen LogP contribution is -2.26. The van der Waals surface area contributed by atoms with Crippen molar-refractivity contribution in [1.82, 2.24) is 9.71 Å². The van der Waals surface area contributed by atoms with E-state index in [1.165, 1.54) is 24.8 Å². The number of aryl methyl sites for hydroxylation is 2. The number of nitrogens with zero attached hydrogens (tertiary/aromatic N) is 1. The summed E-state index contributed by atoms with van der Waals surface area (Å²) in [4.78, 5) is 17.9. The van der Waals surface area contributed by atoms with Gasteiger partial charge >= 0.3 is 5.97 Å². The normalized spacial score (nSPS) is 12.1. The van der Waals surface area contributed by atoms with Crippen LogP contribution in [0.4, 0.5) is 0 Å².